The van der Waals surface area contributed by atoms with Crippen molar-refractivity contribution in [2.24, 2.45) is 0 Å². The van der Waals surface area contributed by atoms with Gasteiger partial charge in [-0.05, 0) is 42.5 Å². The predicted molar refractivity (Wildman–Crippen MR) is 105 cm³/mol. The van der Waals surface area contributed by atoms with Crippen molar-refractivity contribution >= 4 is 29.1 Å². The number of hydrogen-bond acceptors (Lipinski definition) is 5. The van der Waals surface area contributed by atoms with Crippen LogP contribution in [0.15, 0.2) is 42.5 Å². The molecule has 0 radical (unpaired) electrons. The third-order valence-corrected chi connectivity index (χ3v) is 4.68. The number of nitriles is 1. The van der Waals surface area contributed by atoms with Gasteiger partial charge in [0.05, 0.1) is 23.7 Å². The van der Waals surface area contributed by atoms with E-state index < -0.39 is 60.0 Å². The average Bonchev–Trinajstić information content (AvgIpc) is 3.20. The maximum Gasteiger partial charge on any atom is 0.433 e. The Hall–Kier alpha value is -3.99. The molecule has 34 heavy (non-hydrogen) atoms. The number of carbonyl (C=O) groups excluding carboxylic acids is 1. The molecular weight excluding hydrogens is 474 g/mol. The van der Waals surface area contributed by atoms with E-state index in [9.17, 15) is 35.9 Å². The second kappa shape index (κ2) is 9.10. The Balaban J connectivity index is 1.83. The minimum absolute atomic E-state index is 0.115. The standard InChI is InChI=1S/C20H14F6N4O4/c21-19(22,23)14-7-13(6-1-10(14)8-27)30-9-15(34-17(30)20(24,25)26)16(31)28-11-2-4-12(5-3-11)29-18(32)33/h1-7,15,17,29H,9H2,(H,28,31)(H,32,33). The lowest BCUT2D eigenvalue weighted by molar-refractivity contribution is -0.212. The molecule has 1 fully saturated rings. The molecule has 3 N–H and O–H groups in total. The zero-order chi connectivity index (χ0) is 25.3. The lowest BCUT2D eigenvalue weighted by atomic mass is 10.1. The summed E-state index contributed by atoms with van der Waals surface area (Å²) in [4.78, 5) is 23.6. The number of carbonyl (C=O) groups is 2. The van der Waals surface area contributed by atoms with Crippen LogP contribution in [0.3, 0.4) is 0 Å². The Morgan fingerprint density at radius 3 is 2.12 bits per heavy atom. The maximum atomic E-state index is 13.6. The minimum Gasteiger partial charge on any atom is -0.465 e. The monoisotopic (exact) mass is 488 g/mol. The highest BCUT2D eigenvalue weighted by Gasteiger charge is 2.52. The third kappa shape index (κ3) is 5.49. The van der Waals surface area contributed by atoms with Crippen LogP contribution in [0.1, 0.15) is 11.1 Å². The summed E-state index contributed by atoms with van der Waals surface area (Å²) in [5, 5.41) is 21.9. The van der Waals surface area contributed by atoms with Crippen molar-refractivity contribution in [3.05, 3.63) is 53.6 Å². The first kappa shape index (κ1) is 24.6. The Morgan fingerprint density at radius 1 is 1.03 bits per heavy atom. The van der Waals surface area contributed by atoms with Gasteiger partial charge in [-0.1, -0.05) is 0 Å². The zero-order valence-electron chi connectivity index (χ0n) is 16.7. The van der Waals surface area contributed by atoms with Gasteiger partial charge in [-0.15, -0.1) is 0 Å². The number of rotatable bonds is 4. The lowest BCUT2D eigenvalue weighted by Gasteiger charge is -2.27. The van der Waals surface area contributed by atoms with Crippen LogP contribution in [-0.4, -0.2) is 42.2 Å². The number of nitrogens with zero attached hydrogens (tertiary/aromatic N) is 2. The molecule has 180 valence electrons. The van der Waals surface area contributed by atoms with Gasteiger partial charge in [-0.25, -0.2) is 4.79 Å². The van der Waals surface area contributed by atoms with Crippen LogP contribution in [0.4, 0.5) is 48.2 Å². The molecule has 1 aliphatic heterocycles. The van der Waals surface area contributed by atoms with Gasteiger partial charge >= 0.3 is 18.4 Å². The Bertz CT molecular complexity index is 1130. The van der Waals surface area contributed by atoms with Crippen LogP contribution in [0.2, 0.25) is 0 Å². The largest absolute Gasteiger partial charge is 0.465 e. The molecule has 0 bridgehead atoms. The first-order valence-electron chi connectivity index (χ1n) is 9.30. The van der Waals surface area contributed by atoms with Crippen molar-refractivity contribution in [2.75, 3.05) is 22.1 Å². The summed E-state index contributed by atoms with van der Waals surface area (Å²) in [5.74, 6) is -1.000. The van der Waals surface area contributed by atoms with E-state index in [1.165, 1.54) is 30.3 Å². The van der Waals surface area contributed by atoms with E-state index in [2.05, 4.69) is 10.6 Å². The second-order valence-corrected chi connectivity index (χ2v) is 7.01. The Kier molecular flexibility index (Phi) is 6.60. The van der Waals surface area contributed by atoms with Crippen molar-refractivity contribution in [2.45, 2.75) is 24.7 Å². The molecule has 14 heteroatoms. The number of hydrogen-bond donors (Lipinski definition) is 3. The summed E-state index contributed by atoms with van der Waals surface area (Å²) in [6.07, 6.45) is -15.8. The SMILES string of the molecule is N#Cc1ccc(N2CC(C(=O)Nc3ccc(NC(=O)O)cc3)OC2C(F)(F)F)cc1C(F)(F)F. The van der Waals surface area contributed by atoms with E-state index in [-0.39, 0.29) is 11.4 Å². The third-order valence-electron chi connectivity index (χ3n) is 4.68. The van der Waals surface area contributed by atoms with Crippen molar-refractivity contribution < 1.29 is 45.8 Å². The highest BCUT2D eigenvalue weighted by Crippen LogP contribution is 2.39. The average molecular weight is 488 g/mol. The summed E-state index contributed by atoms with van der Waals surface area (Å²) in [7, 11) is 0. The highest BCUT2D eigenvalue weighted by atomic mass is 19.4. The quantitative estimate of drug-likeness (QED) is 0.550. The zero-order valence-corrected chi connectivity index (χ0v) is 16.7. The molecule has 3 rings (SSSR count). The van der Waals surface area contributed by atoms with Gasteiger partial charge in [-0.3, -0.25) is 10.1 Å². The molecular formula is C20H14F6N4O4. The van der Waals surface area contributed by atoms with Gasteiger partial charge in [0.2, 0.25) is 6.23 Å². The van der Waals surface area contributed by atoms with E-state index in [1.54, 1.807) is 0 Å². The highest BCUT2D eigenvalue weighted by molar-refractivity contribution is 5.95. The van der Waals surface area contributed by atoms with E-state index in [1.807, 2.05) is 0 Å². The molecule has 2 aromatic carbocycles. The summed E-state index contributed by atoms with van der Waals surface area (Å²) in [5.41, 5.74) is -2.43. The molecule has 2 amide bonds. The molecule has 2 aromatic rings. The number of nitrogens with one attached hydrogen (secondary N) is 2. The van der Waals surface area contributed by atoms with E-state index >= 15 is 0 Å². The van der Waals surface area contributed by atoms with Gasteiger partial charge < -0.3 is 20.1 Å². The Morgan fingerprint density at radius 2 is 1.62 bits per heavy atom. The van der Waals surface area contributed by atoms with Gasteiger partial charge in [-0.2, -0.15) is 31.6 Å². The molecule has 0 aliphatic carbocycles. The minimum atomic E-state index is -5.05. The van der Waals surface area contributed by atoms with Crippen molar-refractivity contribution in [3.8, 4) is 6.07 Å². The smallest absolute Gasteiger partial charge is 0.433 e. The first-order valence-corrected chi connectivity index (χ1v) is 9.30. The molecule has 2 atom stereocenters. The van der Waals surface area contributed by atoms with E-state index in [0.29, 0.717) is 11.0 Å². The summed E-state index contributed by atoms with van der Waals surface area (Å²) < 4.78 is 85.3. The number of halogens is 6. The molecule has 2 unspecified atom stereocenters. The van der Waals surface area contributed by atoms with Gasteiger partial charge in [0, 0.05) is 17.1 Å². The van der Waals surface area contributed by atoms with Crippen LogP contribution in [0.5, 0.6) is 0 Å². The molecule has 0 aromatic heterocycles. The first-order chi connectivity index (χ1) is 15.8. The van der Waals surface area contributed by atoms with Crippen LogP contribution in [-0.2, 0) is 15.7 Å². The summed E-state index contributed by atoms with van der Waals surface area (Å²) >= 11 is 0. The van der Waals surface area contributed by atoms with Gasteiger partial charge in [0.25, 0.3) is 5.91 Å². The number of ether oxygens (including phenoxy) is 1. The molecule has 0 spiro atoms. The predicted octanol–water partition coefficient (Wildman–Crippen LogP) is 4.40. The van der Waals surface area contributed by atoms with E-state index in [4.69, 9.17) is 15.1 Å². The fraction of sp³-hybridized carbons (Fsp3) is 0.250. The van der Waals surface area contributed by atoms with Gasteiger partial charge in [0.15, 0.2) is 6.10 Å². The van der Waals surface area contributed by atoms with Crippen LogP contribution >= 0.6 is 0 Å². The molecule has 1 aliphatic rings. The van der Waals surface area contributed by atoms with Crippen molar-refractivity contribution in [1.29, 1.82) is 5.26 Å². The van der Waals surface area contributed by atoms with E-state index in [0.717, 1.165) is 12.1 Å². The number of alkyl halides is 6. The van der Waals surface area contributed by atoms with Crippen LogP contribution in [0.25, 0.3) is 0 Å². The Labute approximate surface area is 187 Å². The summed E-state index contributed by atoms with van der Waals surface area (Å²) in [6.45, 7) is -0.724. The lowest BCUT2D eigenvalue weighted by Crippen LogP contribution is -2.42. The molecule has 0 saturated carbocycles. The van der Waals surface area contributed by atoms with Crippen LogP contribution in [0, 0.1) is 11.3 Å². The van der Waals surface area contributed by atoms with Crippen molar-refractivity contribution in [1.82, 2.24) is 0 Å². The maximum absolute atomic E-state index is 13.6. The van der Waals surface area contributed by atoms with Gasteiger partial charge in [0.1, 0.15) is 0 Å². The number of benzene rings is 2. The van der Waals surface area contributed by atoms with Crippen molar-refractivity contribution in [3.63, 3.8) is 0 Å². The number of amides is 2. The second-order valence-electron chi connectivity index (χ2n) is 7.01. The topological polar surface area (TPSA) is 115 Å². The number of carboxylic acid groups (broad SMARTS) is 1. The molecule has 8 nitrogen and oxygen atoms in total. The molecule has 1 saturated heterocycles. The fourth-order valence-corrected chi connectivity index (χ4v) is 3.21. The number of anilines is 3. The normalized spacial score (nSPS) is 18.3. The summed E-state index contributed by atoms with van der Waals surface area (Å²) in [6, 6.07) is 8.54. The molecule has 1 heterocycles. The fourth-order valence-electron chi connectivity index (χ4n) is 3.21. The van der Waals surface area contributed by atoms with Crippen LogP contribution < -0.4 is 15.5 Å².